The zero-order valence-corrected chi connectivity index (χ0v) is 10.6. The fourth-order valence-corrected chi connectivity index (χ4v) is 5.15. The highest BCUT2D eigenvalue weighted by atomic mass is 16.1. The first-order chi connectivity index (χ1) is 7.54. The topological polar surface area (TPSA) is 17.1 Å². The van der Waals surface area contributed by atoms with Gasteiger partial charge in [0, 0.05) is 0 Å². The molecule has 0 N–H and O–H groups in total. The predicted octanol–water partition coefficient (Wildman–Crippen LogP) is 3.59. The first-order valence-electron chi connectivity index (χ1n) is 6.66. The highest BCUT2D eigenvalue weighted by Gasteiger charge is 2.80. The molecule has 4 rings (SSSR count). The maximum absolute atomic E-state index is 10.6. The minimum absolute atomic E-state index is 0.571. The molecule has 0 saturated heterocycles. The van der Waals surface area contributed by atoms with Crippen LogP contribution in [0.1, 0.15) is 46.5 Å². The van der Waals surface area contributed by atoms with E-state index in [2.05, 4.69) is 19.9 Å². The average molecular weight is 218 g/mol. The minimum Gasteiger partial charge on any atom is -0.298 e. The molecule has 4 bridgehead atoms. The second-order valence-corrected chi connectivity index (χ2v) is 6.69. The third-order valence-electron chi connectivity index (χ3n) is 6.44. The first kappa shape index (κ1) is 10.6. The van der Waals surface area contributed by atoms with Gasteiger partial charge in [0.05, 0.1) is 0 Å². The van der Waals surface area contributed by atoms with Gasteiger partial charge in [-0.25, -0.2) is 0 Å². The highest BCUT2D eigenvalue weighted by molar-refractivity contribution is 5.71. The number of hydrogen-bond donors (Lipinski definition) is 0. The quantitative estimate of drug-likeness (QED) is 0.520. The molecule has 0 aromatic heterocycles. The summed E-state index contributed by atoms with van der Waals surface area (Å²) in [4.78, 5) is 10.6. The van der Waals surface area contributed by atoms with Crippen LogP contribution < -0.4 is 0 Å². The molecule has 0 radical (unpaired) electrons. The van der Waals surface area contributed by atoms with Crippen molar-refractivity contribution in [2.75, 3.05) is 0 Å². The van der Waals surface area contributed by atoms with Gasteiger partial charge in [0.15, 0.2) is 0 Å². The molecular formula is C15H22O. The summed E-state index contributed by atoms with van der Waals surface area (Å²) in [5.74, 6) is 3.09. The molecule has 1 heteroatoms. The molecular weight excluding hydrogens is 196 g/mol. The van der Waals surface area contributed by atoms with Gasteiger partial charge in [-0.05, 0) is 66.8 Å². The summed E-state index contributed by atoms with van der Waals surface area (Å²) >= 11 is 0. The maximum Gasteiger partial charge on any atom is 0.145 e. The van der Waals surface area contributed by atoms with E-state index in [1.165, 1.54) is 19.3 Å². The summed E-state index contributed by atoms with van der Waals surface area (Å²) in [5, 5.41) is 0. The normalized spacial score (nSPS) is 53.2. The van der Waals surface area contributed by atoms with Crippen molar-refractivity contribution in [2.45, 2.75) is 46.5 Å². The standard InChI is InChI=1S/C15H22O/c1-10(9-16)5-4-6-14(2)11-7-12-13(8-11)15(12,14)3/h5,9,11-13H,4,6-8H2,1-3H3/b10-5+. The zero-order chi connectivity index (χ0) is 11.6. The molecule has 88 valence electrons. The molecule has 4 aliphatic carbocycles. The van der Waals surface area contributed by atoms with Crippen LogP contribution in [0.5, 0.6) is 0 Å². The molecule has 0 aliphatic heterocycles. The Hall–Kier alpha value is -0.590. The molecule has 0 heterocycles. The second kappa shape index (κ2) is 3.00. The molecule has 4 fully saturated rings. The van der Waals surface area contributed by atoms with Crippen molar-refractivity contribution in [1.29, 1.82) is 0 Å². The van der Waals surface area contributed by atoms with Gasteiger partial charge in [0.1, 0.15) is 6.29 Å². The van der Waals surface area contributed by atoms with Gasteiger partial charge < -0.3 is 0 Å². The van der Waals surface area contributed by atoms with E-state index < -0.39 is 0 Å². The van der Waals surface area contributed by atoms with Crippen LogP contribution in [0.2, 0.25) is 0 Å². The smallest absolute Gasteiger partial charge is 0.145 e. The Morgan fingerprint density at radius 1 is 1.31 bits per heavy atom. The predicted molar refractivity (Wildman–Crippen MR) is 65.0 cm³/mol. The number of allylic oxidation sites excluding steroid dienone is 2. The number of hydrogen-bond acceptors (Lipinski definition) is 1. The molecule has 3 atom stereocenters. The van der Waals surface area contributed by atoms with E-state index >= 15 is 0 Å². The van der Waals surface area contributed by atoms with E-state index in [0.717, 1.165) is 36.0 Å². The van der Waals surface area contributed by atoms with Crippen molar-refractivity contribution < 1.29 is 4.79 Å². The van der Waals surface area contributed by atoms with Crippen LogP contribution in [-0.2, 0) is 4.79 Å². The fourth-order valence-electron chi connectivity index (χ4n) is 5.15. The van der Waals surface area contributed by atoms with Gasteiger partial charge in [-0.3, -0.25) is 4.79 Å². The van der Waals surface area contributed by atoms with Crippen LogP contribution in [0.3, 0.4) is 0 Å². The van der Waals surface area contributed by atoms with Crippen LogP contribution in [0, 0.1) is 28.6 Å². The summed E-state index contributed by atoms with van der Waals surface area (Å²) in [6.45, 7) is 6.94. The number of aldehydes is 1. The minimum atomic E-state index is 0.571. The van der Waals surface area contributed by atoms with Crippen molar-refractivity contribution in [3.8, 4) is 0 Å². The molecule has 0 spiro atoms. The van der Waals surface area contributed by atoms with Crippen molar-refractivity contribution >= 4 is 6.29 Å². The third kappa shape index (κ3) is 1.00. The Morgan fingerprint density at radius 2 is 1.94 bits per heavy atom. The number of carbonyl (C=O) groups excluding carboxylic acids is 1. The molecule has 16 heavy (non-hydrogen) atoms. The Balaban J connectivity index is 1.70. The SMILES string of the molecule is C/C(C=O)=C\CCC1(C)C2CC3C(C2)C31C. The van der Waals surface area contributed by atoms with Gasteiger partial charge in [0.25, 0.3) is 0 Å². The molecule has 0 aromatic rings. The monoisotopic (exact) mass is 218 g/mol. The lowest BCUT2D eigenvalue weighted by atomic mass is 9.71. The Labute approximate surface area is 98.3 Å². The summed E-state index contributed by atoms with van der Waals surface area (Å²) in [6, 6.07) is 0. The van der Waals surface area contributed by atoms with Crippen molar-refractivity contribution in [3.63, 3.8) is 0 Å². The van der Waals surface area contributed by atoms with E-state index in [-0.39, 0.29) is 0 Å². The summed E-state index contributed by atoms with van der Waals surface area (Å²) in [7, 11) is 0. The molecule has 4 aliphatic rings. The Morgan fingerprint density at radius 3 is 2.38 bits per heavy atom. The summed E-state index contributed by atoms with van der Waals surface area (Å²) in [5.41, 5.74) is 2.13. The molecule has 4 saturated carbocycles. The van der Waals surface area contributed by atoms with E-state index in [4.69, 9.17) is 0 Å². The lowest BCUT2D eigenvalue weighted by molar-refractivity contribution is -0.104. The highest BCUT2D eigenvalue weighted by Crippen LogP contribution is 2.87. The molecule has 3 unspecified atom stereocenters. The van der Waals surface area contributed by atoms with Gasteiger partial charge in [-0.1, -0.05) is 19.9 Å². The summed E-state index contributed by atoms with van der Waals surface area (Å²) < 4.78 is 0. The van der Waals surface area contributed by atoms with Gasteiger partial charge >= 0.3 is 0 Å². The molecule has 1 nitrogen and oxygen atoms in total. The van der Waals surface area contributed by atoms with Crippen LogP contribution in [0.15, 0.2) is 11.6 Å². The second-order valence-electron chi connectivity index (χ2n) is 6.69. The molecule has 0 amide bonds. The van der Waals surface area contributed by atoms with Crippen LogP contribution in [-0.4, -0.2) is 6.29 Å². The first-order valence-corrected chi connectivity index (χ1v) is 6.66. The van der Waals surface area contributed by atoms with E-state index in [9.17, 15) is 4.79 Å². The van der Waals surface area contributed by atoms with E-state index in [0.29, 0.717) is 10.8 Å². The Bertz CT molecular complexity index is 356. The zero-order valence-electron chi connectivity index (χ0n) is 10.6. The third-order valence-corrected chi connectivity index (χ3v) is 6.44. The Kier molecular flexibility index (Phi) is 1.98. The largest absolute Gasteiger partial charge is 0.298 e. The van der Waals surface area contributed by atoms with E-state index in [1.807, 2.05) is 6.92 Å². The average Bonchev–Trinajstić information content (AvgIpc) is 2.62. The van der Waals surface area contributed by atoms with Gasteiger partial charge in [-0.15, -0.1) is 0 Å². The number of rotatable bonds is 4. The van der Waals surface area contributed by atoms with Crippen molar-refractivity contribution in [1.82, 2.24) is 0 Å². The lowest BCUT2D eigenvalue weighted by Gasteiger charge is -2.34. The van der Waals surface area contributed by atoms with Gasteiger partial charge in [-0.2, -0.15) is 0 Å². The summed E-state index contributed by atoms with van der Waals surface area (Å²) in [6.07, 6.45) is 8.45. The maximum atomic E-state index is 10.6. The van der Waals surface area contributed by atoms with Crippen LogP contribution in [0.25, 0.3) is 0 Å². The fraction of sp³-hybridized carbons (Fsp3) is 0.800. The van der Waals surface area contributed by atoms with Crippen molar-refractivity contribution in [2.24, 2.45) is 28.6 Å². The van der Waals surface area contributed by atoms with Crippen LogP contribution >= 0.6 is 0 Å². The van der Waals surface area contributed by atoms with Crippen molar-refractivity contribution in [3.05, 3.63) is 11.6 Å². The van der Waals surface area contributed by atoms with Crippen LogP contribution in [0.4, 0.5) is 0 Å². The van der Waals surface area contributed by atoms with Gasteiger partial charge in [0.2, 0.25) is 0 Å². The molecule has 0 aromatic carbocycles. The lowest BCUT2D eigenvalue weighted by Crippen LogP contribution is -2.26. The van der Waals surface area contributed by atoms with E-state index in [1.54, 1.807) is 0 Å². The number of carbonyl (C=O) groups is 1.